The molecule has 0 radical (unpaired) electrons. The van der Waals surface area contributed by atoms with Crippen molar-refractivity contribution in [3.63, 3.8) is 0 Å². The van der Waals surface area contributed by atoms with Crippen LogP contribution in [0.5, 0.6) is 5.75 Å². The van der Waals surface area contributed by atoms with Gasteiger partial charge in [-0.05, 0) is 17.7 Å². The molecule has 2 rings (SSSR count). The molecule has 2 N–H and O–H groups in total. The maximum Gasteiger partial charge on any atom is 0.223 e. The number of hydrogen-bond donors (Lipinski definition) is 1. The van der Waals surface area contributed by atoms with Crippen molar-refractivity contribution in [2.45, 2.75) is 13.0 Å². The van der Waals surface area contributed by atoms with E-state index in [1.165, 1.54) is 19.2 Å². The molecule has 0 spiro atoms. The number of aromatic nitrogens is 2. The molecule has 0 bridgehead atoms. The van der Waals surface area contributed by atoms with E-state index in [4.69, 9.17) is 15.0 Å². The Morgan fingerprint density at radius 3 is 2.76 bits per heavy atom. The Labute approximate surface area is 97.4 Å². The lowest BCUT2D eigenvalue weighted by molar-refractivity contribution is 0.383. The summed E-state index contributed by atoms with van der Waals surface area (Å²) in [5.41, 5.74) is 6.46. The van der Waals surface area contributed by atoms with Crippen LogP contribution in [0.25, 0.3) is 0 Å². The van der Waals surface area contributed by atoms with Crippen LogP contribution in [0.4, 0.5) is 4.39 Å². The summed E-state index contributed by atoms with van der Waals surface area (Å²) in [6.45, 7) is 1.66. The maximum atomic E-state index is 13.5. The molecule has 1 heterocycles. The fraction of sp³-hybridized carbons (Fsp3) is 0.273. The van der Waals surface area contributed by atoms with Gasteiger partial charge in [-0.1, -0.05) is 11.2 Å². The molecule has 1 aromatic heterocycles. The van der Waals surface area contributed by atoms with Gasteiger partial charge in [-0.2, -0.15) is 4.98 Å². The standard InChI is InChI=1S/C11H12FN3O2/c1-6-14-11(15-17-6)10(13)7-3-4-9(16-2)8(12)5-7/h3-5,10H,13H2,1-2H3. The highest BCUT2D eigenvalue weighted by Crippen LogP contribution is 2.23. The largest absolute Gasteiger partial charge is 0.494 e. The number of hydrogen-bond acceptors (Lipinski definition) is 5. The van der Waals surface area contributed by atoms with Crippen molar-refractivity contribution in [1.29, 1.82) is 0 Å². The highest BCUT2D eigenvalue weighted by atomic mass is 19.1. The van der Waals surface area contributed by atoms with Crippen LogP contribution in [0.2, 0.25) is 0 Å². The molecule has 0 saturated heterocycles. The highest BCUT2D eigenvalue weighted by Gasteiger charge is 2.16. The fourth-order valence-corrected chi connectivity index (χ4v) is 1.47. The maximum absolute atomic E-state index is 13.5. The predicted octanol–water partition coefficient (Wildman–Crippen LogP) is 1.57. The molecular formula is C11H12FN3O2. The summed E-state index contributed by atoms with van der Waals surface area (Å²) in [7, 11) is 1.40. The lowest BCUT2D eigenvalue weighted by Crippen LogP contribution is -2.14. The summed E-state index contributed by atoms with van der Waals surface area (Å²) in [4.78, 5) is 4.00. The summed E-state index contributed by atoms with van der Waals surface area (Å²) in [5, 5.41) is 3.70. The molecule has 17 heavy (non-hydrogen) atoms. The molecule has 1 unspecified atom stereocenters. The number of methoxy groups -OCH3 is 1. The monoisotopic (exact) mass is 237 g/mol. The topological polar surface area (TPSA) is 74.2 Å². The molecule has 5 nitrogen and oxygen atoms in total. The van der Waals surface area contributed by atoms with E-state index >= 15 is 0 Å². The van der Waals surface area contributed by atoms with Crippen LogP contribution >= 0.6 is 0 Å². The van der Waals surface area contributed by atoms with Crippen LogP contribution in [0.1, 0.15) is 23.3 Å². The van der Waals surface area contributed by atoms with E-state index < -0.39 is 11.9 Å². The van der Waals surface area contributed by atoms with Gasteiger partial charge >= 0.3 is 0 Å². The number of aryl methyl sites for hydroxylation is 1. The fourth-order valence-electron chi connectivity index (χ4n) is 1.47. The first kappa shape index (κ1) is 11.5. The summed E-state index contributed by atoms with van der Waals surface area (Å²) < 4.78 is 23.1. The summed E-state index contributed by atoms with van der Waals surface area (Å²) in [6, 6.07) is 3.86. The van der Waals surface area contributed by atoms with Crippen molar-refractivity contribution < 1.29 is 13.7 Å². The van der Waals surface area contributed by atoms with Crippen LogP contribution in [0.3, 0.4) is 0 Å². The second kappa shape index (κ2) is 4.50. The average Bonchev–Trinajstić information content (AvgIpc) is 2.75. The Balaban J connectivity index is 2.31. The van der Waals surface area contributed by atoms with Crippen LogP contribution in [-0.4, -0.2) is 17.3 Å². The molecule has 0 fully saturated rings. The number of benzene rings is 1. The minimum Gasteiger partial charge on any atom is -0.494 e. The summed E-state index contributed by atoms with van der Waals surface area (Å²) in [6.07, 6.45) is 0. The first-order chi connectivity index (χ1) is 8.11. The van der Waals surface area contributed by atoms with Gasteiger partial charge in [0.15, 0.2) is 17.4 Å². The third-order valence-corrected chi connectivity index (χ3v) is 2.36. The van der Waals surface area contributed by atoms with Gasteiger partial charge in [-0.3, -0.25) is 0 Å². The molecule has 0 aliphatic heterocycles. The van der Waals surface area contributed by atoms with E-state index in [-0.39, 0.29) is 5.75 Å². The number of ether oxygens (including phenoxy) is 1. The average molecular weight is 237 g/mol. The molecule has 6 heteroatoms. The second-order valence-electron chi connectivity index (χ2n) is 3.54. The Bertz CT molecular complexity index is 527. The number of halogens is 1. The van der Waals surface area contributed by atoms with Crippen molar-refractivity contribution in [3.8, 4) is 5.75 Å². The molecule has 0 aliphatic carbocycles. The van der Waals surface area contributed by atoms with E-state index in [1.807, 2.05) is 0 Å². The summed E-state index contributed by atoms with van der Waals surface area (Å²) >= 11 is 0. The number of nitrogens with two attached hydrogens (primary N) is 1. The quantitative estimate of drug-likeness (QED) is 0.877. The van der Waals surface area contributed by atoms with E-state index in [0.29, 0.717) is 17.3 Å². The van der Waals surface area contributed by atoms with Gasteiger partial charge in [0, 0.05) is 6.92 Å². The lowest BCUT2D eigenvalue weighted by Gasteiger charge is -2.09. The molecule has 1 aromatic carbocycles. The van der Waals surface area contributed by atoms with Crippen LogP contribution in [0.15, 0.2) is 22.7 Å². The first-order valence-corrected chi connectivity index (χ1v) is 5.01. The van der Waals surface area contributed by atoms with E-state index in [9.17, 15) is 4.39 Å². The molecule has 1 atom stereocenters. The van der Waals surface area contributed by atoms with Gasteiger partial charge < -0.3 is 15.0 Å². The normalized spacial score (nSPS) is 12.5. The van der Waals surface area contributed by atoms with Crippen molar-refractivity contribution in [1.82, 2.24) is 10.1 Å². The molecule has 90 valence electrons. The first-order valence-electron chi connectivity index (χ1n) is 5.01. The highest BCUT2D eigenvalue weighted by molar-refractivity contribution is 5.32. The van der Waals surface area contributed by atoms with Crippen molar-refractivity contribution in [3.05, 3.63) is 41.3 Å². The molecule has 2 aromatic rings. The lowest BCUT2D eigenvalue weighted by atomic mass is 10.1. The van der Waals surface area contributed by atoms with Crippen LogP contribution in [0, 0.1) is 12.7 Å². The van der Waals surface area contributed by atoms with E-state index in [2.05, 4.69) is 10.1 Å². The van der Waals surface area contributed by atoms with Crippen LogP contribution < -0.4 is 10.5 Å². The summed E-state index contributed by atoms with van der Waals surface area (Å²) in [5.74, 6) is 0.447. The van der Waals surface area contributed by atoms with Gasteiger partial charge in [0.2, 0.25) is 5.89 Å². The zero-order chi connectivity index (χ0) is 12.4. The van der Waals surface area contributed by atoms with Gasteiger partial charge in [-0.25, -0.2) is 4.39 Å². The SMILES string of the molecule is COc1ccc(C(N)c2noc(C)n2)cc1F. The Morgan fingerprint density at radius 2 is 2.24 bits per heavy atom. The zero-order valence-electron chi connectivity index (χ0n) is 9.48. The van der Waals surface area contributed by atoms with Crippen molar-refractivity contribution >= 4 is 0 Å². The third-order valence-electron chi connectivity index (χ3n) is 2.36. The number of nitrogens with zero attached hydrogens (tertiary/aromatic N) is 2. The van der Waals surface area contributed by atoms with Gasteiger partial charge in [0.05, 0.1) is 13.2 Å². The van der Waals surface area contributed by atoms with Crippen molar-refractivity contribution in [2.24, 2.45) is 5.73 Å². The molecule has 0 aliphatic rings. The van der Waals surface area contributed by atoms with Gasteiger partial charge in [0.25, 0.3) is 0 Å². The van der Waals surface area contributed by atoms with E-state index in [0.717, 1.165) is 0 Å². The third kappa shape index (κ3) is 2.26. The number of rotatable bonds is 3. The Kier molecular flexibility index (Phi) is 3.06. The van der Waals surface area contributed by atoms with E-state index in [1.54, 1.807) is 13.0 Å². The molecule has 0 saturated carbocycles. The van der Waals surface area contributed by atoms with Gasteiger partial charge in [-0.15, -0.1) is 0 Å². The molecular weight excluding hydrogens is 225 g/mol. The van der Waals surface area contributed by atoms with Crippen LogP contribution in [-0.2, 0) is 0 Å². The zero-order valence-corrected chi connectivity index (χ0v) is 9.48. The smallest absolute Gasteiger partial charge is 0.223 e. The minimum atomic E-state index is -0.618. The second-order valence-corrected chi connectivity index (χ2v) is 3.54. The predicted molar refractivity (Wildman–Crippen MR) is 58.0 cm³/mol. The van der Waals surface area contributed by atoms with Gasteiger partial charge in [0.1, 0.15) is 0 Å². The Hall–Kier alpha value is -1.95. The van der Waals surface area contributed by atoms with Crippen molar-refractivity contribution in [2.75, 3.05) is 7.11 Å². The molecule has 0 amide bonds. The Morgan fingerprint density at radius 1 is 1.47 bits per heavy atom. The minimum absolute atomic E-state index is 0.172.